The highest BCUT2D eigenvalue weighted by Crippen LogP contribution is 2.30. The van der Waals surface area contributed by atoms with Crippen LogP contribution in [0.25, 0.3) is 0 Å². The number of sulfonamides is 1. The molecule has 0 bridgehead atoms. The van der Waals surface area contributed by atoms with Crippen LogP contribution in [0, 0.1) is 0 Å². The molecule has 0 heterocycles. The van der Waals surface area contributed by atoms with Gasteiger partial charge in [-0.25, -0.2) is 8.42 Å². The third kappa shape index (κ3) is 4.76. The molecule has 0 aliphatic carbocycles. The van der Waals surface area contributed by atoms with Gasteiger partial charge in [0.2, 0.25) is 5.91 Å². The van der Waals surface area contributed by atoms with Gasteiger partial charge in [0.05, 0.1) is 17.7 Å². The molecule has 0 unspecified atom stereocenters. The fourth-order valence-electron chi connectivity index (χ4n) is 2.48. The van der Waals surface area contributed by atoms with E-state index < -0.39 is 10.0 Å². The Kier molecular flexibility index (Phi) is 6.26. The molecule has 2 aromatic carbocycles. The molecular formula is C19H24N2O4S. The van der Waals surface area contributed by atoms with Crippen LogP contribution < -0.4 is 14.8 Å². The standard InChI is InChI=1S/C19H24N2O4S/c1-5-13(2)15-6-9-17(10-7-15)26(23,24)21-18-12-16(20-14(3)22)8-11-19(18)25-4/h6-13,21H,5H2,1-4H3,(H,20,22)/t13-/m1/s1. The quantitative estimate of drug-likeness (QED) is 0.766. The number of anilines is 2. The number of carbonyl (C=O) groups is 1. The second-order valence-corrected chi connectivity index (χ2v) is 7.76. The Balaban J connectivity index is 2.32. The summed E-state index contributed by atoms with van der Waals surface area (Å²) >= 11 is 0. The Morgan fingerprint density at radius 3 is 2.35 bits per heavy atom. The normalized spacial score (nSPS) is 12.3. The Hall–Kier alpha value is -2.54. The number of benzene rings is 2. The van der Waals surface area contributed by atoms with Crippen molar-refractivity contribution in [2.75, 3.05) is 17.1 Å². The van der Waals surface area contributed by atoms with Crippen LogP contribution >= 0.6 is 0 Å². The smallest absolute Gasteiger partial charge is 0.262 e. The van der Waals surface area contributed by atoms with Crippen molar-refractivity contribution in [3.05, 3.63) is 48.0 Å². The number of ether oxygens (including phenoxy) is 1. The van der Waals surface area contributed by atoms with Crippen molar-refractivity contribution in [2.24, 2.45) is 0 Å². The van der Waals surface area contributed by atoms with E-state index in [0.717, 1.165) is 12.0 Å². The van der Waals surface area contributed by atoms with Crippen LogP contribution in [-0.2, 0) is 14.8 Å². The van der Waals surface area contributed by atoms with Gasteiger partial charge in [0.15, 0.2) is 0 Å². The number of methoxy groups -OCH3 is 1. The van der Waals surface area contributed by atoms with E-state index in [4.69, 9.17) is 4.74 Å². The van der Waals surface area contributed by atoms with Crippen molar-refractivity contribution in [1.82, 2.24) is 0 Å². The van der Waals surface area contributed by atoms with Crippen molar-refractivity contribution >= 4 is 27.3 Å². The van der Waals surface area contributed by atoms with E-state index in [2.05, 4.69) is 23.9 Å². The zero-order valence-corrected chi connectivity index (χ0v) is 16.2. The molecular weight excluding hydrogens is 352 g/mol. The number of nitrogens with one attached hydrogen (secondary N) is 2. The third-order valence-electron chi connectivity index (χ3n) is 4.14. The van der Waals surface area contributed by atoms with Crippen molar-refractivity contribution in [1.29, 1.82) is 0 Å². The second-order valence-electron chi connectivity index (χ2n) is 6.08. The van der Waals surface area contributed by atoms with E-state index >= 15 is 0 Å². The SMILES string of the molecule is CC[C@@H](C)c1ccc(S(=O)(=O)Nc2cc(NC(C)=O)ccc2OC)cc1. The minimum atomic E-state index is -3.78. The Morgan fingerprint density at radius 2 is 1.81 bits per heavy atom. The van der Waals surface area contributed by atoms with E-state index in [1.807, 2.05) is 12.1 Å². The Morgan fingerprint density at radius 1 is 1.15 bits per heavy atom. The molecule has 0 spiro atoms. The first-order chi connectivity index (χ1) is 12.3. The van der Waals surface area contributed by atoms with Crippen LogP contribution in [-0.4, -0.2) is 21.4 Å². The lowest BCUT2D eigenvalue weighted by Crippen LogP contribution is -2.14. The largest absolute Gasteiger partial charge is 0.495 e. The molecule has 1 atom stereocenters. The molecule has 2 aromatic rings. The number of rotatable bonds is 7. The highest BCUT2D eigenvalue weighted by molar-refractivity contribution is 7.92. The molecule has 2 N–H and O–H groups in total. The molecule has 0 fully saturated rings. The van der Waals surface area contributed by atoms with Crippen molar-refractivity contribution in [2.45, 2.75) is 38.0 Å². The van der Waals surface area contributed by atoms with Crippen LogP contribution in [0.5, 0.6) is 5.75 Å². The third-order valence-corrected chi connectivity index (χ3v) is 5.52. The summed E-state index contributed by atoms with van der Waals surface area (Å²) in [4.78, 5) is 11.4. The second kappa shape index (κ2) is 8.23. The van der Waals surface area contributed by atoms with Gasteiger partial charge in [-0.1, -0.05) is 26.0 Å². The summed E-state index contributed by atoms with van der Waals surface area (Å²) in [5.41, 5.74) is 1.82. The lowest BCUT2D eigenvalue weighted by atomic mass is 9.99. The summed E-state index contributed by atoms with van der Waals surface area (Å²) in [6.45, 7) is 5.57. The van der Waals surface area contributed by atoms with Gasteiger partial charge in [0.25, 0.3) is 10.0 Å². The fourth-order valence-corrected chi connectivity index (χ4v) is 3.54. The summed E-state index contributed by atoms with van der Waals surface area (Å²) in [6.07, 6.45) is 0.984. The summed E-state index contributed by atoms with van der Waals surface area (Å²) in [5.74, 6) is 0.484. The number of hydrogen-bond donors (Lipinski definition) is 2. The molecule has 0 aromatic heterocycles. The topological polar surface area (TPSA) is 84.5 Å². The summed E-state index contributed by atoms with van der Waals surface area (Å²) < 4.78 is 33.1. The first-order valence-corrected chi connectivity index (χ1v) is 9.83. The first kappa shape index (κ1) is 19.8. The minimum absolute atomic E-state index is 0.163. The van der Waals surface area contributed by atoms with Gasteiger partial charge in [0.1, 0.15) is 5.75 Å². The maximum Gasteiger partial charge on any atom is 0.262 e. The van der Waals surface area contributed by atoms with Crippen molar-refractivity contribution in [3.63, 3.8) is 0 Å². The molecule has 0 saturated carbocycles. The summed E-state index contributed by atoms with van der Waals surface area (Å²) in [6, 6.07) is 11.6. The van der Waals surface area contributed by atoms with E-state index in [9.17, 15) is 13.2 Å². The maximum atomic E-state index is 12.7. The molecule has 2 rings (SSSR count). The summed E-state index contributed by atoms with van der Waals surface area (Å²) in [5, 5.41) is 2.62. The van der Waals surface area contributed by atoms with Gasteiger partial charge in [-0.05, 0) is 48.2 Å². The molecule has 0 radical (unpaired) electrons. The fraction of sp³-hybridized carbons (Fsp3) is 0.316. The Labute approximate surface area is 154 Å². The maximum absolute atomic E-state index is 12.7. The molecule has 6 nitrogen and oxygen atoms in total. The lowest BCUT2D eigenvalue weighted by molar-refractivity contribution is -0.114. The highest BCUT2D eigenvalue weighted by atomic mass is 32.2. The lowest BCUT2D eigenvalue weighted by Gasteiger charge is -2.14. The number of carbonyl (C=O) groups excluding carboxylic acids is 1. The zero-order chi connectivity index (χ0) is 19.3. The van der Waals surface area contributed by atoms with E-state index in [1.54, 1.807) is 24.3 Å². The Bertz CT molecular complexity index is 877. The van der Waals surface area contributed by atoms with E-state index in [0.29, 0.717) is 17.4 Å². The van der Waals surface area contributed by atoms with Crippen LogP contribution in [0.2, 0.25) is 0 Å². The van der Waals surface area contributed by atoms with Crippen LogP contribution in [0.1, 0.15) is 38.7 Å². The average molecular weight is 376 g/mol. The first-order valence-electron chi connectivity index (χ1n) is 8.35. The van der Waals surface area contributed by atoms with Crippen LogP contribution in [0.15, 0.2) is 47.4 Å². The monoisotopic (exact) mass is 376 g/mol. The summed E-state index contributed by atoms with van der Waals surface area (Å²) in [7, 11) is -2.33. The molecule has 26 heavy (non-hydrogen) atoms. The molecule has 0 aliphatic heterocycles. The number of amides is 1. The van der Waals surface area contributed by atoms with Gasteiger partial charge < -0.3 is 10.1 Å². The van der Waals surface area contributed by atoms with Gasteiger partial charge in [-0.2, -0.15) is 0 Å². The number of hydrogen-bond acceptors (Lipinski definition) is 4. The van der Waals surface area contributed by atoms with Gasteiger partial charge in [-0.15, -0.1) is 0 Å². The van der Waals surface area contributed by atoms with E-state index in [-0.39, 0.29) is 16.5 Å². The van der Waals surface area contributed by atoms with Crippen LogP contribution in [0.4, 0.5) is 11.4 Å². The molecule has 0 saturated heterocycles. The zero-order valence-electron chi connectivity index (χ0n) is 15.4. The van der Waals surface area contributed by atoms with Gasteiger partial charge in [0, 0.05) is 12.6 Å². The van der Waals surface area contributed by atoms with Crippen molar-refractivity contribution < 1.29 is 17.9 Å². The molecule has 140 valence electrons. The average Bonchev–Trinajstić information content (AvgIpc) is 2.60. The van der Waals surface area contributed by atoms with Gasteiger partial charge >= 0.3 is 0 Å². The van der Waals surface area contributed by atoms with Crippen LogP contribution in [0.3, 0.4) is 0 Å². The molecule has 1 amide bonds. The van der Waals surface area contributed by atoms with Crippen molar-refractivity contribution in [3.8, 4) is 5.75 Å². The predicted octanol–water partition coefficient (Wildman–Crippen LogP) is 3.97. The minimum Gasteiger partial charge on any atom is -0.495 e. The van der Waals surface area contributed by atoms with Gasteiger partial charge in [-0.3, -0.25) is 9.52 Å². The molecule has 7 heteroatoms. The highest BCUT2D eigenvalue weighted by Gasteiger charge is 2.17. The predicted molar refractivity (Wildman–Crippen MR) is 103 cm³/mol. The van der Waals surface area contributed by atoms with E-state index in [1.165, 1.54) is 20.1 Å². The molecule has 0 aliphatic rings.